The number of rotatable bonds is 6. The Bertz CT molecular complexity index is 377. The van der Waals surface area contributed by atoms with Crippen LogP contribution in [0.2, 0.25) is 0 Å². The van der Waals surface area contributed by atoms with Gasteiger partial charge in [-0.25, -0.2) is 5.84 Å². The van der Waals surface area contributed by atoms with Gasteiger partial charge in [0.1, 0.15) is 0 Å². The summed E-state index contributed by atoms with van der Waals surface area (Å²) >= 11 is 0. The molecule has 0 amide bonds. The second-order valence-corrected chi connectivity index (χ2v) is 2.71. The smallest absolute Gasteiger partial charge is 0.325 e. The first-order valence-corrected chi connectivity index (χ1v) is 4.72. The predicted octanol–water partition coefficient (Wildman–Crippen LogP) is -0.0420. The first-order valence-electron chi connectivity index (χ1n) is 4.72. The molecule has 0 saturated carbocycles. The van der Waals surface area contributed by atoms with Crippen LogP contribution in [-0.4, -0.2) is 28.2 Å². The number of nitrogens with two attached hydrogens (primary N) is 1. The van der Waals surface area contributed by atoms with E-state index in [4.69, 9.17) is 21.7 Å². The maximum Gasteiger partial charge on any atom is 0.325 e. The molecule has 0 aliphatic carbocycles. The number of terminal acetylenes is 1. The Labute approximate surface area is 93.4 Å². The van der Waals surface area contributed by atoms with E-state index < -0.39 is 0 Å². The van der Waals surface area contributed by atoms with E-state index >= 15 is 0 Å². The van der Waals surface area contributed by atoms with Gasteiger partial charge in [0, 0.05) is 0 Å². The Morgan fingerprint density at radius 1 is 1.31 bits per heavy atom. The van der Waals surface area contributed by atoms with Crippen molar-refractivity contribution in [3.8, 4) is 24.4 Å². The van der Waals surface area contributed by atoms with Crippen molar-refractivity contribution in [2.45, 2.75) is 13.3 Å². The molecule has 0 aromatic carbocycles. The molecule has 3 N–H and O–H groups in total. The summed E-state index contributed by atoms with van der Waals surface area (Å²) in [6, 6.07) is 0.226. The van der Waals surface area contributed by atoms with Crippen LogP contribution in [0.15, 0.2) is 0 Å². The van der Waals surface area contributed by atoms with E-state index in [0.29, 0.717) is 6.61 Å². The third kappa shape index (κ3) is 3.59. The number of aromatic nitrogens is 3. The highest BCUT2D eigenvalue weighted by molar-refractivity contribution is 5.25. The highest BCUT2D eigenvalue weighted by atomic mass is 16.5. The minimum atomic E-state index is 0.0707. The minimum Gasteiger partial charge on any atom is -0.463 e. The molecule has 86 valence electrons. The van der Waals surface area contributed by atoms with Crippen LogP contribution in [0.3, 0.4) is 0 Å². The molecule has 0 bridgehead atoms. The summed E-state index contributed by atoms with van der Waals surface area (Å²) in [5.74, 6) is 7.65. The molecule has 0 radical (unpaired) electrons. The summed E-state index contributed by atoms with van der Waals surface area (Å²) < 4.78 is 10.3. The zero-order valence-corrected chi connectivity index (χ0v) is 8.93. The second-order valence-electron chi connectivity index (χ2n) is 2.71. The molecule has 0 atom stereocenters. The molecule has 7 nitrogen and oxygen atoms in total. The number of nitrogens with one attached hydrogen (secondary N) is 1. The zero-order valence-electron chi connectivity index (χ0n) is 8.93. The summed E-state index contributed by atoms with van der Waals surface area (Å²) in [7, 11) is 0. The summed E-state index contributed by atoms with van der Waals surface area (Å²) in [6.07, 6.45) is 5.89. The average molecular weight is 223 g/mol. The highest BCUT2D eigenvalue weighted by Gasteiger charge is 2.07. The van der Waals surface area contributed by atoms with Gasteiger partial charge in [-0.3, -0.25) is 5.43 Å². The summed E-state index contributed by atoms with van der Waals surface area (Å²) in [5, 5.41) is 0. The van der Waals surface area contributed by atoms with Crippen LogP contribution >= 0.6 is 0 Å². The lowest BCUT2D eigenvalue weighted by Gasteiger charge is -2.06. The Balaban J connectivity index is 2.79. The standard InChI is InChI=1S/C9H13N5O2/c1-3-5-15-8-11-7(14-10)12-9(13-8)16-6-4-2/h1H,4-6,10H2,2H3,(H,11,12,13,14). The average Bonchev–Trinajstić information content (AvgIpc) is 2.33. The fraction of sp³-hybridized carbons (Fsp3) is 0.444. The molecule has 0 aliphatic heterocycles. The number of anilines is 1. The molecular weight excluding hydrogens is 210 g/mol. The molecule has 7 heteroatoms. The SMILES string of the molecule is C#CCOc1nc(NN)nc(OCCC)n1. The van der Waals surface area contributed by atoms with Crippen molar-refractivity contribution >= 4 is 5.95 Å². The quantitative estimate of drug-likeness (QED) is 0.397. The molecule has 0 aliphatic rings. The molecule has 0 saturated heterocycles. The minimum absolute atomic E-state index is 0.0707. The van der Waals surface area contributed by atoms with E-state index in [1.807, 2.05) is 6.92 Å². The molecule has 0 spiro atoms. The molecule has 1 aromatic rings. The number of nitrogen functional groups attached to an aromatic ring is 1. The van der Waals surface area contributed by atoms with E-state index in [2.05, 4.69) is 26.3 Å². The molecule has 16 heavy (non-hydrogen) atoms. The lowest BCUT2D eigenvalue weighted by Crippen LogP contribution is -2.13. The lowest BCUT2D eigenvalue weighted by molar-refractivity contribution is 0.276. The molecule has 0 unspecified atom stereocenters. The van der Waals surface area contributed by atoms with Crippen molar-refractivity contribution < 1.29 is 9.47 Å². The zero-order chi connectivity index (χ0) is 11.8. The Hall–Kier alpha value is -2.07. The van der Waals surface area contributed by atoms with Crippen LogP contribution < -0.4 is 20.7 Å². The largest absolute Gasteiger partial charge is 0.463 e. The van der Waals surface area contributed by atoms with Crippen LogP contribution in [0.25, 0.3) is 0 Å². The molecule has 1 rings (SSSR count). The monoisotopic (exact) mass is 223 g/mol. The van der Waals surface area contributed by atoms with E-state index in [-0.39, 0.29) is 24.6 Å². The maximum absolute atomic E-state index is 5.23. The Morgan fingerprint density at radius 3 is 2.56 bits per heavy atom. The number of hydrogen-bond acceptors (Lipinski definition) is 7. The van der Waals surface area contributed by atoms with Crippen molar-refractivity contribution in [2.75, 3.05) is 18.6 Å². The Morgan fingerprint density at radius 2 is 2.00 bits per heavy atom. The van der Waals surface area contributed by atoms with Gasteiger partial charge < -0.3 is 9.47 Å². The Kier molecular flexibility index (Phi) is 4.82. The van der Waals surface area contributed by atoms with Gasteiger partial charge in [-0.1, -0.05) is 12.8 Å². The van der Waals surface area contributed by atoms with Gasteiger partial charge in [-0.05, 0) is 6.42 Å². The van der Waals surface area contributed by atoms with E-state index in [9.17, 15) is 0 Å². The second kappa shape index (κ2) is 6.42. The first kappa shape index (κ1) is 12.0. The van der Waals surface area contributed by atoms with Gasteiger partial charge in [-0.2, -0.15) is 9.97 Å². The van der Waals surface area contributed by atoms with Crippen molar-refractivity contribution in [3.63, 3.8) is 0 Å². The van der Waals surface area contributed by atoms with Crippen LogP contribution in [0.5, 0.6) is 12.0 Å². The summed E-state index contributed by atoms with van der Waals surface area (Å²) in [5.41, 5.74) is 2.29. The third-order valence-electron chi connectivity index (χ3n) is 1.44. The van der Waals surface area contributed by atoms with E-state index in [1.54, 1.807) is 0 Å². The van der Waals surface area contributed by atoms with Crippen LogP contribution in [0, 0.1) is 12.3 Å². The van der Waals surface area contributed by atoms with Crippen molar-refractivity contribution in [3.05, 3.63) is 0 Å². The highest BCUT2D eigenvalue weighted by Crippen LogP contribution is 2.12. The third-order valence-corrected chi connectivity index (χ3v) is 1.44. The van der Waals surface area contributed by atoms with E-state index in [1.165, 1.54) is 0 Å². The van der Waals surface area contributed by atoms with Crippen molar-refractivity contribution in [2.24, 2.45) is 5.84 Å². The van der Waals surface area contributed by atoms with Gasteiger partial charge in [0.25, 0.3) is 0 Å². The topological polar surface area (TPSA) is 95.2 Å². The van der Waals surface area contributed by atoms with Crippen molar-refractivity contribution in [1.29, 1.82) is 0 Å². The van der Waals surface area contributed by atoms with E-state index in [0.717, 1.165) is 6.42 Å². The normalized spacial score (nSPS) is 9.31. The molecule has 1 aromatic heterocycles. The van der Waals surface area contributed by atoms with Gasteiger partial charge in [0.05, 0.1) is 6.61 Å². The number of ether oxygens (including phenoxy) is 2. The fourth-order valence-electron chi connectivity index (χ4n) is 0.831. The predicted molar refractivity (Wildman–Crippen MR) is 57.8 cm³/mol. The van der Waals surface area contributed by atoms with Gasteiger partial charge in [-0.15, -0.1) is 11.4 Å². The number of hydrazine groups is 1. The number of hydrogen-bond donors (Lipinski definition) is 2. The van der Waals surface area contributed by atoms with Crippen LogP contribution in [0.4, 0.5) is 5.95 Å². The van der Waals surface area contributed by atoms with Crippen LogP contribution in [-0.2, 0) is 0 Å². The summed E-state index contributed by atoms with van der Waals surface area (Å²) in [6.45, 7) is 2.54. The number of nitrogens with zero attached hydrogens (tertiary/aromatic N) is 3. The van der Waals surface area contributed by atoms with Crippen molar-refractivity contribution in [1.82, 2.24) is 15.0 Å². The van der Waals surface area contributed by atoms with Gasteiger partial charge >= 0.3 is 12.0 Å². The molecular formula is C9H13N5O2. The van der Waals surface area contributed by atoms with Crippen LogP contribution in [0.1, 0.15) is 13.3 Å². The van der Waals surface area contributed by atoms with Gasteiger partial charge in [0.15, 0.2) is 6.61 Å². The maximum atomic E-state index is 5.23. The molecule has 0 fully saturated rings. The lowest BCUT2D eigenvalue weighted by atomic mass is 10.5. The first-order chi connectivity index (χ1) is 7.80. The molecule has 1 heterocycles. The van der Waals surface area contributed by atoms with Gasteiger partial charge in [0.2, 0.25) is 5.95 Å². The summed E-state index contributed by atoms with van der Waals surface area (Å²) in [4.78, 5) is 11.6. The fourth-order valence-corrected chi connectivity index (χ4v) is 0.831.